The number of benzene rings is 2. The second-order valence-corrected chi connectivity index (χ2v) is 10.2. The maximum absolute atomic E-state index is 12.9. The van der Waals surface area contributed by atoms with E-state index < -0.39 is 5.25 Å². The summed E-state index contributed by atoms with van der Waals surface area (Å²) in [6.07, 6.45) is 3.45. The van der Waals surface area contributed by atoms with Gasteiger partial charge in [0.15, 0.2) is 5.17 Å². The number of carbonyl (C=O) groups excluding carboxylic acids is 3. The number of ether oxygens (including phenoxy) is 2. The van der Waals surface area contributed by atoms with E-state index in [0.717, 1.165) is 36.7 Å². The quantitative estimate of drug-likeness (QED) is 0.561. The summed E-state index contributed by atoms with van der Waals surface area (Å²) in [5.74, 6) is 0.649. The van der Waals surface area contributed by atoms with Crippen LogP contribution in [-0.2, 0) is 16.1 Å². The first kappa shape index (κ1) is 26.5. The number of aliphatic imine (C=N–C) groups is 1. The molecule has 2 aromatic rings. The van der Waals surface area contributed by atoms with Crippen LogP contribution in [0.1, 0.15) is 41.6 Å². The molecule has 1 saturated heterocycles. The molecule has 37 heavy (non-hydrogen) atoms. The number of nitrogens with one attached hydrogen (secondary N) is 1. The van der Waals surface area contributed by atoms with Crippen LogP contribution < -0.4 is 14.8 Å². The molecule has 0 spiro atoms. The number of methoxy groups -OCH3 is 2. The third-order valence-corrected chi connectivity index (χ3v) is 7.60. The Kier molecular flexibility index (Phi) is 8.70. The van der Waals surface area contributed by atoms with Crippen molar-refractivity contribution in [1.29, 1.82) is 0 Å². The Morgan fingerprint density at radius 2 is 1.81 bits per heavy atom. The van der Waals surface area contributed by atoms with Gasteiger partial charge in [-0.05, 0) is 55.7 Å². The minimum absolute atomic E-state index is 0.0530. The molecule has 0 aromatic heterocycles. The Morgan fingerprint density at radius 3 is 2.49 bits per heavy atom. The molecule has 2 aliphatic rings. The number of hydrogen-bond donors (Lipinski definition) is 1. The molecule has 1 N–H and O–H groups in total. The third-order valence-electron chi connectivity index (χ3n) is 6.39. The molecule has 0 unspecified atom stereocenters. The van der Waals surface area contributed by atoms with Crippen LogP contribution in [0, 0.1) is 0 Å². The van der Waals surface area contributed by atoms with Gasteiger partial charge in [0.25, 0.3) is 11.8 Å². The molecular weight excluding hydrogens is 492 g/mol. The molecule has 0 saturated carbocycles. The van der Waals surface area contributed by atoms with Crippen molar-refractivity contribution >= 4 is 40.3 Å². The zero-order valence-electron chi connectivity index (χ0n) is 21.4. The van der Waals surface area contributed by atoms with Gasteiger partial charge >= 0.3 is 0 Å². The van der Waals surface area contributed by atoms with Crippen LogP contribution >= 0.6 is 11.8 Å². The number of piperidine rings is 1. The third kappa shape index (κ3) is 6.62. The predicted octanol–water partition coefficient (Wildman–Crippen LogP) is 3.79. The Morgan fingerprint density at radius 1 is 1.08 bits per heavy atom. The summed E-state index contributed by atoms with van der Waals surface area (Å²) in [7, 11) is 4.89. The molecule has 9 nitrogen and oxygen atoms in total. The molecule has 0 radical (unpaired) electrons. The highest BCUT2D eigenvalue weighted by Gasteiger charge is 2.33. The van der Waals surface area contributed by atoms with Gasteiger partial charge in [-0.3, -0.25) is 14.4 Å². The maximum atomic E-state index is 12.9. The summed E-state index contributed by atoms with van der Waals surface area (Å²) < 4.78 is 10.7. The van der Waals surface area contributed by atoms with Gasteiger partial charge in [-0.25, -0.2) is 0 Å². The van der Waals surface area contributed by atoms with Crippen molar-refractivity contribution in [2.45, 2.75) is 37.5 Å². The molecule has 196 valence electrons. The van der Waals surface area contributed by atoms with Crippen LogP contribution in [0.4, 0.5) is 5.69 Å². The lowest BCUT2D eigenvalue weighted by atomic mass is 10.1. The second-order valence-electron chi connectivity index (χ2n) is 9.06. The lowest BCUT2D eigenvalue weighted by Gasteiger charge is -2.27. The highest BCUT2D eigenvalue weighted by molar-refractivity contribution is 8.15. The smallest absolute Gasteiger partial charge is 0.262 e. The summed E-state index contributed by atoms with van der Waals surface area (Å²) >= 11 is 1.38. The van der Waals surface area contributed by atoms with E-state index in [4.69, 9.17) is 9.47 Å². The van der Waals surface area contributed by atoms with Gasteiger partial charge in [-0.1, -0.05) is 11.8 Å². The Labute approximate surface area is 221 Å². The lowest BCUT2D eigenvalue weighted by Crippen LogP contribution is -2.33. The molecular formula is C27H32N4O5S. The number of nitrogens with zero attached hydrogens (tertiary/aromatic N) is 3. The van der Waals surface area contributed by atoms with Crippen LogP contribution in [-0.4, -0.2) is 72.3 Å². The summed E-state index contributed by atoms with van der Waals surface area (Å²) in [6, 6.07) is 12.2. The number of amidine groups is 1. The zero-order valence-corrected chi connectivity index (χ0v) is 22.2. The number of thioether (sulfide) groups is 1. The van der Waals surface area contributed by atoms with Crippen molar-refractivity contribution < 1.29 is 23.9 Å². The first-order valence-corrected chi connectivity index (χ1v) is 13.2. The predicted molar refractivity (Wildman–Crippen MR) is 144 cm³/mol. The molecule has 3 amide bonds. The van der Waals surface area contributed by atoms with Crippen LogP contribution in [0.25, 0.3) is 0 Å². The minimum Gasteiger partial charge on any atom is -0.497 e. The average molecular weight is 525 g/mol. The number of carbonyl (C=O) groups is 3. The number of hydrogen-bond acceptors (Lipinski definition) is 7. The number of anilines is 1. The first-order chi connectivity index (χ1) is 17.9. The van der Waals surface area contributed by atoms with E-state index in [2.05, 4.69) is 15.2 Å². The van der Waals surface area contributed by atoms with E-state index in [0.29, 0.717) is 29.3 Å². The van der Waals surface area contributed by atoms with E-state index in [1.165, 1.54) is 18.2 Å². The molecule has 0 bridgehead atoms. The minimum atomic E-state index is -0.499. The zero-order chi connectivity index (χ0) is 26.4. The standard InChI is InChI=1S/C27H32N4O5S/c1-30(17-19-9-12-21(35-2)15-22(19)36-3)26(34)18-7-10-20(11-8-18)28-24(32)16-23-25(33)29-27(37-23)31-13-5-4-6-14-31/h7-12,15,23H,4-6,13-14,16-17H2,1-3H3,(H,28,32)/t23-/m1/s1. The number of likely N-dealkylation sites (tertiary alicyclic amines) is 1. The molecule has 10 heteroatoms. The first-order valence-electron chi connectivity index (χ1n) is 12.3. The Hall–Kier alpha value is -3.53. The van der Waals surface area contributed by atoms with Crippen molar-refractivity contribution in [2.24, 2.45) is 4.99 Å². The molecule has 0 aliphatic carbocycles. The summed E-state index contributed by atoms with van der Waals surface area (Å²) in [6.45, 7) is 2.18. The van der Waals surface area contributed by atoms with Crippen LogP contribution in [0.15, 0.2) is 47.5 Å². The number of rotatable bonds is 8. The highest BCUT2D eigenvalue weighted by atomic mass is 32.2. The molecule has 1 atom stereocenters. The monoisotopic (exact) mass is 524 g/mol. The van der Waals surface area contributed by atoms with E-state index in [9.17, 15) is 14.4 Å². The summed E-state index contributed by atoms with van der Waals surface area (Å²) in [5, 5.41) is 3.06. The van der Waals surface area contributed by atoms with Gasteiger partial charge in [0.2, 0.25) is 5.91 Å². The highest BCUT2D eigenvalue weighted by Crippen LogP contribution is 2.29. The summed E-state index contributed by atoms with van der Waals surface area (Å²) in [5.41, 5.74) is 1.91. The van der Waals surface area contributed by atoms with E-state index in [1.54, 1.807) is 56.5 Å². The Bertz CT molecular complexity index is 1180. The van der Waals surface area contributed by atoms with Crippen molar-refractivity contribution in [1.82, 2.24) is 9.80 Å². The van der Waals surface area contributed by atoms with Gasteiger partial charge in [0.1, 0.15) is 16.7 Å². The summed E-state index contributed by atoms with van der Waals surface area (Å²) in [4.78, 5) is 45.8. The fraction of sp³-hybridized carbons (Fsp3) is 0.407. The van der Waals surface area contributed by atoms with Crippen LogP contribution in [0.5, 0.6) is 11.5 Å². The van der Waals surface area contributed by atoms with E-state index in [1.807, 2.05) is 12.1 Å². The second kappa shape index (κ2) is 12.1. The molecule has 2 aliphatic heterocycles. The fourth-order valence-corrected chi connectivity index (χ4v) is 5.45. The van der Waals surface area contributed by atoms with E-state index >= 15 is 0 Å². The van der Waals surface area contributed by atoms with Crippen LogP contribution in [0.2, 0.25) is 0 Å². The van der Waals surface area contributed by atoms with Gasteiger partial charge < -0.3 is 24.6 Å². The molecule has 2 aromatic carbocycles. The fourth-order valence-electron chi connectivity index (χ4n) is 4.34. The van der Waals surface area contributed by atoms with Gasteiger partial charge in [0.05, 0.1) is 14.2 Å². The largest absolute Gasteiger partial charge is 0.497 e. The van der Waals surface area contributed by atoms with Crippen molar-refractivity contribution in [3.05, 3.63) is 53.6 Å². The van der Waals surface area contributed by atoms with Gasteiger partial charge in [0, 0.05) is 56.0 Å². The van der Waals surface area contributed by atoms with Crippen molar-refractivity contribution in [3.8, 4) is 11.5 Å². The van der Waals surface area contributed by atoms with Crippen LogP contribution in [0.3, 0.4) is 0 Å². The molecule has 4 rings (SSSR count). The SMILES string of the molecule is COc1ccc(CN(C)C(=O)c2ccc(NC(=O)C[C@H]3SC(N4CCCCC4)=NC3=O)cc2)c(OC)c1. The average Bonchev–Trinajstić information content (AvgIpc) is 3.29. The van der Waals surface area contributed by atoms with Gasteiger partial charge in [-0.2, -0.15) is 4.99 Å². The Balaban J connectivity index is 1.29. The molecule has 2 heterocycles. The maximum Gasteiger partial charge on any atom is 0.262 e. The normalized spacial score (nSPS) is 17.3. The van der Waals surface area contributed by atoms with E-state index in [-0.39, 0.29) is 24.1 Å². The lowest BCUT2D eigenvalue weighted by molar-refractivity contribution is -0.121. The van der Waals surface area contributed by atoms with Crippen molar-refractivity contribution in [3.63, 3.8) is 0 Å². The van der Waals surface area contributed by atoms with Crippen molar-refractivity contribution in [2.75, 3.05) is 39.7 Å². The van der Waals surface area contributed by atoms with Gasteiger partial charge in [-0.15, -0.1) is 0 Å². The molecule has 1 fully saturated rings. The number of amides is 3. The topological polar surface area (TPSA) is 101 Å².